The van der Waals surface area contributed by atoms with Crippen LogP contribution in [0.5, 0.6) is 11.5 Å². The number of unbranched alkanes of at least 4 members (excludes halogenated alkanes) is 6. The molecule has 0 atom stereocenters. The fourth-order valence-corrected chi connectivity index (χ4v) is 14.4. The van der Waals surface area contributed by atoms with Crippen LogP contribution in [0.2, 0.25) is 0 Å². The summed E-state index contributed by atoms with van der Waals surface area (Å²) in [5.74, 6) is 1.83. The molecule has 4 nitrogen and oxygen atoms in total. The predicted octanol–water partition coefficient (Wildman–Crippen LogP) is 23.8. The molecule has 0 aliphatic rings. The Kier molecular flexibility index (Phi) is 23.0. The highest BCUT2D eigenvalue weighted by molar-refractivity contribution is 5.64. The lowest BCUT2D eigenvalue weighted by molar-refractivity contribution is -0.697. The van der Waals surface area contributed by atoms with Crippen molar-refractivity contribution >= 4 is 0 Å². The lowest BCUT2D eigenvalue weighted by Gasteiger charge is -2.38. The molecule has 0 fully saturated rings. The second kappa shape index (κ2) is 30.9. The van der Waals surface area contributed by atoms with Crippen molar-refractivity contribution in [2.24, 2.45) is 0 Å². The Morgan fingerprint density at radius 3 is 0.560 bits per heavy atom. The van der Waals surface area contributed by atoms with E-state index in [-0.39, 0.29) is 32.5 Å². The maximum Gasteiger partial charge on any atom is 0.169 e. The van der Waals surface area contributed by atoms with Crippen LogP contribution in [0.4, 0.5) is 0 Å². The average molecular weight is 1330 g/mol. The van der Waals surface area contributed by atoms with Gasteiger partial charge in [0.2, 0.25) is 0 Å². The van der Waals surface area contributed by atoms with Gasteiger partial charge in [-0.05, 0) is 184 Å². The third-order valence-corrected chi connectivity index (χ3v) is 21.0. The zero-order valence-electron chi connectivity index (χ0n) is 64.3. The molecule has 0 radical (unpaired) electrons. The van der Waals surface area contributed by atoms with Gasteiger partial charge in [-0.2, -0.15) is 0 Å². The van der Waals surface area contributed by atoms with E-state index in [1.807, 2.05) is 0 Å². The van der Waals surface area contributed by atoms with Gasteiger partial charge < -0.3 is 9.47 Å². The number of ether oxygens (including phenoxy) is 2. The van der Waals surface area contributed by atoms with Gasteiger partial charge in [-0.15, -0.1) is 0 Å². The number of aryl methyl sites for hydroxylation is 2. The largest absolute Gasteiger partial charge is 0.494 e. The van der Waals surface area contributed by atoms with Crippen LogP contribution in [0.3, 0.4) is 0 Å². The van der Waals surface area contributed by atoms with E-state index in [4.69, 9.17) is 9.47 Å². The molecule has 0 unspecified atom stereocenters. The summed E-state index contributed by atoms with van der Waals surface area (Å²) in [5, 5.41) is 0. The van der Waals surface area contributed by atoms with Crippen LogP contribution < -0.4 is 18.6 Å². The molecule has 0 aliphatic carbocycles. The first-order chi connectivity index (χ1) is 47.3. The third kappa shape index (κ3) is 17.7. The molecule has 0 aliphatic heterocycles. The Hall–Kier alpha value is -8.34. The van der Waals surface area contributed by atoms with Crippen LogP contribution in [0.15, 0.2) is 243 Å². The summed E-state index contributed by atoms with van der Waals surface area (Å²) in [6, 6.07) is 83.4. The first-order valence-electron chi connectivity index (χ1n) is 37.5. The molecular formula is C96H118N2O2+2. The molecule has 0 saturated carbocycles. The summed E-state index contributed by atoms with van der Waals surface area (Å²) in [7, 11) is 0. The summed E-state index contributed by atoms with van der Waals surface area (Å²) in [6.45, 7) is 44.7. The minimum Gasteiger partial charge on any atom is -0.494 e. The highest BCUT2D eigenvalue weighted by atomic mass is 16.5. The van der Waals surface area contributed by atoms with E-state index in [0.717, 1.165) is 76.0 Å². The first-order valence-corrected chi connectivity index (χ1v) is 37.5. The van der Waals surface area contributed by atoms with Crippen LogP contribution >= 0.6 is 0 Å². The van der Waals surface area contributed by atoms with Crippen molar-refractivity contribution in [3.8, 4) is 22.6 Å². The zero-order valence-corrected chi connectivity index (χ0v) is 64.3. The number of hydrogen-bond acceptors (Lipinski definition) is 2. The second-order valence-electron chi connectivity index (χ2n) is 34.7. The minimum atomic E-state index is -0.551. The normalized spacial score (nSPS) is 12.8. The molecule has 8 aromatic carbocycles. The molecule has 10 rings (SSSR count). The highest BCUT2D eigenvalue weighted by Crippen LogP contribution is 2.49. The molecule has 522 valence electrons. The van der Waals surface area contributed by atoms with Gasteiger partial charge in [0.25, 0.3) is 0 Å². The number of aromatic nitrogens is 2. The van der Waals surface area contributed by atoms with Gasteiger partial charge in [0.1, 0.15) is 24.6 Å². The second-order valence-corrected chi connectivity index (χ2v) is 34.7. The van der Waals surface area contributed by atoms with Crippen LogP contribution in [0, 0.1) is 0 Å². The average Bonchev–Trinajstić information content (AvgIpc) is 0.735. The number of hydrogen-bond donors (Lipinski definition) is 0. The molecule has 0 saturated heterocycles. The van der Waals surface area contributed by atoms with Crippen molar-refractivity contribution in [1.82, 2.24) is 0 Å². The van der Waals surface area contributed by atoms with Crippen molar-refractivity contribution in [3.63, 3.8) is 0 Å². The molecule has 0 spiro atoms. The molecule has 0 amide bonds. The number of nitrogens with zero attached hydrogens (tertiary/aromatic N) is 2. The topological polar surface area (TPSA) is 26.2 Å². The molecule has 2 aromatic heterocycles. The highest BCUT2D eigenvalue weighted by Gasteiger charge is 2.41. The Morgan fingerprint density at radius 2 is 0.370 bits per heavy atom. The van der Waals surface area contributed by atoms with Crippen LogP contribution in [0.1, 0.15) is 254 Å². The Morgan fingerprint density at radius 1 is 0.200 bits per heavy atom. The standard InChI is InChI=1S/C96H118N2O2/c1-89(2,3)73-27-39-79(40-28-73)95(80-41-29-74(30-42-80)90(4,5)6,81-43-31-75(32-44-81)91(7,8)9)85-51-55-87(56-52-85)99-69-25-21-19-23-63-97-65-59-71(60-66-97)72-61-67-98(68-62-72)64-24-20-22-26-70-100-88-57-53-86(54-58-88)96(82-45-33-76(34-46-82)92(10,11)12,83-47-35-77(36-48-83)93(13,14)15)84-49-37-78(38-50-84)94(16,17)18/h27-62,65-68H,19-26,63-64,69-70H2,1-18H3/q+2. The zero-order chi connectivity index (χ0) is 71.7. The minimum absolute atomic E-state index is 0.0481. The molecule has 0 N–H and O–H groups in total. The van der Waals surface area contributed by atoms with E-state index in [2.05, 4.69) is 377 Å². The van der Waals surface area contributed by atoms with E-state index >= 15 is 0 Å². The maximum absolute atomic E-state index is 6.47. The molecule has 0 bridgehead atoms. The Labute approximate surface area is 604 Å². The summed E-state index contributed by atoms with van der Waals surface area (Å²) in [5.41, 5.74) is 19.6. The fraction of sp³-hybridized carbons (Fsp3) is 0.396. The van der Waals surface area contributed by atoms with Gasteiger partial charge in [0.15, 0.2) is 24.8 Å². The molecular weight excluding hydrogens is 1210 g/mol. The van der Waals surface area contributed by atoms with Crippen LogP contribution in [-0.4, -0.2) is 13.2 Å². The van der Waals surface area contributed by atoms with Crippen molar-refractivity contribution < 1.29 is 18.6 Å². The van der Waals surface area contributed by atoms with Gasteiger partial charge in [0, 0.05) is 37.1 Å². The van der Waals surface area contributed by atoms with Crippen molar-refractivity contribution in [3.05, 3.63) is 321 Å². The van der Waals surface area contributed by atoms with E-state index in [0.29, 0.717) is 13.2 Å². The first kappa shape index (κ1) is 74.4. The van der Waals surface area contributed by atoms with Gasteiger partial charge in [-0.3, -0.25) is 0 Å². The third-order valence-electron chi connectivity index (χ3n) is 21.0. The Bertz CT molecular complexity index is 3620. The van der Waals surface area contributed by atoms with Gasteiger partial charge in [-0.1, -0.05) is 294 Å². The van der Waals surface area contributed by atoms with Crippen LogP contribution in [-0.2, 0) is 56.4 Å². The van der Waals surface area contributed by atoms with E-state index in [1.165, 1.54) is 89.0 Å². The summed E-state index contributed by atoms with van der Waals surface area (Å²) >= 11 is 0. The molecule has 4 heteroatoms. The molecule has 2 heterocycles. The van der Waals surface area contributed by atoms with Gasteiger partial charge >= 0.3 is 0 Å². The summed E-state index contributed by atoms with van der Waals surface area (Å²) in [6.07, 6.45) is 17.8. The Balaban J connectivity index is 0.685. The lowest BCUT2D eigenvalue weighted by atomic mass is 9.64. The monoisotopic (exact) mass is 1330 g/mol. The van der Waals surface area contributed by atoms with Gasteiger partial charge in [-0.25, -0.2) is 9.13 Å². The summed E-state index contributed by atoms with van der Waals surface area (Å²) < 4.78 is 17.6. The van der Waals surface area contributed by atoms with Crippen molar-refractivity contribution in [2.45, 2.75) is 232 Å². The maximum atomic E-state index is 6.47. The SMILES string of the molecule is CC(C)(C)c1ccc(C(c2ccc(OCCCCCC[n+]3ccc(-c4cc[n+](CCCCCCOc5ccc(C(c6ccc(C(C)(C)C)cc6)(c6ccc(C(C)(C)C)cc6)c6ccc(C(C)(C)C)cc6)cc5)cc4)cc3)cc2)(c2ccc(C(C)(C)C)cc2)c2ccc(C(C)(C)C)cc2)cc1. The number of pyridine rings is 2. The molecule has 10 aromatic rings. The van der Waals surface area contributed by atoms with E-state index in [9.17, 15) is 0 Å². The predicted molar refractivity (Wildman–Crippen MR) is 422 cm³/mol. The lowest BCUT2D eigenvalue weighted by Crippen LogP contribution is -2.33. The fourth-order valence-electron chi connectivity index (χ4n) is 14.4. The van der Waals surface area contributed by atoms with E-state index in [1.54, 1.807) is 0 Å². The van der Waals surface area contributed by atoms with Gasteiger partial charge in [0.05, 0.1) is 24.0 Å². The van der Waals surface area contributed by atoms with Crippen LogP contribution in [0.25, 0.3) is 11.1 Å². The number of benzene rings is 8. The number of rotatable bonds is 25. The molecule has 100 heavy (non-hydrogen) atoms. The smallest absolute Gasteiger partial charge is 0.169 e. The van der Waals surface area contributed by atoms with Crippen molar-refractivity contribution in [2.75, 3.05) is 13.2 Å². The van der Waals surface area contributed by atoms with E-state index < -0.39 is 10.8 Å². The summed E-state index contributed by atoms with van der Waals surface area (Å²) in [4.78, 5) is 0. The quantitative estimate of drug-likeness (QED) is 0.0324. The van der Waals surface area contributed by atoms with Crippen molar-refractivity contribution in [1.29, 1.82) is 0 Å².